The molecule has 1 heterocycles. The fourth-order valence-corrected chi connectivity index (χ4v) is 2.43. The van der Waals surface area contributed by atoms with Crippen LogP contribution in [-0.2, 0) is 0 Å². The molecule has 0 saturated heterocycles. The summed E-state index contributed by atoms with van der Waals surface area (Å²) in [6.45, 7) is 1.72. The van der Waals surface area contributed by atoms with E-state index in [2.05, 4.69) is 4.98 Å². The Balaban J connectivity index is 2.42. The first-order valence-electron chi connectivity index (χ1n) is 6.56. The minimum Gasteiger partial charge on any atom is -0.478 e. The van der Waals surface area contributed by atoms with Crippen LogP contribution in [0, 0.1) is 18.6 Å². The molecular formula is C17H11F2NO2. The minimum atomic E-state index is -1.11. The molecule has 2 aromatic carbocycles. The van der Waals surface area contributed by atoms with E-state index in [1.54, 1.807) is 19.1 Å². The van der Waals surface area contributed by atoms with Crippen LogP contribution in [0.1, 0.15) is 16.1 Å². The lowest BCUT2D eigenvalue weighted by Gasteiger charge is -2.10. The van der Waals surface area contributed by atoms with E-state index in [0.29, 0.717) is 16.5 Å². The average Bonchev–Trinajstić information content (AvgIpc) is 2.46. The van der Waals surface area contributed by atoms with Crippen molar-refractivity contribution in [3.05, 3.63) is 65.4 Å². The number of hydrogen-bond acceptors (Lipinski definition) is 2. The molecule has 3 nitrogen and oxygen atoms in total. The highest BCUT2D eigenvalue weighted by atomic mass is 19.1. The summed E-state index contributed by atoms with van der Waals surface area (Å²) in [6, 6.07) is 9.75. The van der Waals surface area contributed by atoms with Gasteiger partial charge in [-0.05, 0) is 42.6 Å². The molecule has 0 aliphatic carbocycles. The summed E-state index contributed by atoms with van der Waals surface area (Å²) in [5, 5.41) is 10.2. The van der Waals surface area contributed by atoms with Gasteiger partial charge in [0.05, 0.1) is 16.8 Å². The maximum atomic E-state index is 14.1. The molecule has 0 unspecified atom stereocenters. The molecule has 0 radical (unpaired) electrons. The molecule has 1 N–H and O–H groups in total. The average molecular weight is 299 g/mol. The zero-order chi connectivity index (χ0) is 15.9. The quantitative estimate of drug-likeness (QED) is 0.772. The predicted molar refractivity (Wildman–Crippen MR) is 78.8 cm³/mol. The topological polar surface area (TPSA) is 50.2 Å². The molecule has 0 aliphatic rings. The monoisotopic (exact) mass is 299 g/mol. The smallest absolute Gasteiger partial charge is 0.335 e. The van der Waals surface area contributed by atoms with Gasteiger partial charge in [-0.15, -0.1) is 0 Å². The molecule has 3 aromatic rings. The Morgan fingerprint density at radius 3 is 2.41 bits per heavy atom. The number of benzene rings is 2. The van der Waals surface area contributed by atoms with Gasteiger partial charge in [0.15, 0.2) is 0 Å². The van der Waals surface area contributed by atoms with E-state index in [9.17, 15) is 13.6 Å². The molecule has 1 aromatic heterocycles. The second-order valence-corrected chi connectivity index (χ2v) is 4.95. The Hall–Kier alpha value is -2.82. The van der Waals surface area contributed by atoms with Gasteiger partial charge in [-0.25, -0.2) is 13.6 Å². The molecule has 0 saturated carbocycles. The summed E-state index contributed by atoms with van der Waals surface area (Å²) < 4.78 is 28.1. The fourth-order valence-electron chi connectivity index (χ4n) is 2.43. The Bertz CT molecular complexity index is 886. The summed E-state index contributed by atoms with van der Waals surface area (Å²) >= 11 is 0. The number of pyridine rings is 1. The Morgan fingerprint density at radius 2 is 1.77 bits per heavy atom. The standard InChI is InChI=1S/C17H11F2NO2/c1-9-7-10-5-6-11(17(21)22)8-12(10)16(20-9)15-13(18)3-2-4-14(15)19/h2-8H,1H3,(H,21,22). The van der Waals surface area contributed by atoms with Crippen molar-refractivity contribution < 1.29 is 18.7 Å². The molecule has 0 bridgehead atoms. The van der Waals surface area contributed by atoms with E-state index in [1.165, 1.54) is 18.2 Å². The van der Waals surface area contributed by atoms with Crippen molar-refractivity contribution in [1.82, 2.24) is 4.98 Å². The largest absolute Gasteiger partial charge is 0.478 e. The summed E-state index contributed by atoms with van der Waals surface area (Å²) in [6.07, 6.45) is 0. The van der Waals surface area contributed by atoms with E-state index in [-0.39, 0.29) is 16.8 Å². The van der Waals surface area contributed by atoms with E-state index < -0.39 is 17.6 Å². The number of rotatable bonds is 2. The van der Waals surface area contributed by atoms with E-state index in [4.69, 9.17) is 5.11 Å². The van der Waals surface area contributed by atoms with Crippen LogP contribution in [0.2, 0.25) is 0 Å². The van der Waals surface area contributed by atoms with Crippen molar-refractivity contribution in [3.8, 4) is 11.3 Å². The third-order valence-corrected chi connectivity index (χ3v) is 3.41. The van der Waals surface area contributed by atoms with Crippen molar-refractivity contribution in [2.24, 2.45) is 0 Å². The summed E-state index contributed by atoms with van der Waals surface area (Å²) in [4.78, 5) is 15.3. The van der Waals surface area contributed by atoms with Gasteiger partial charge in [0.2, 0.25) is 0 Å². The van der Waals surface area contributed by atoms with Gasteiger partial charge >= 0.3 is 5.97 Å². The summed E-state index contributed by atoms with van der Waals surface area (Å²) in [5.41, 5.74) is 0.483. The number of nitrogens with zero attached hydrogens (tertiary/aromatic N) is 1. The maximum absolute atomic E-state index is 14.1. The van der Waals surface area contributed by atoms with Crippen LogP contribution in [-0.4, -0.2) is 16.1 Å². The molecule has 0 fully saturated rings. The van der Waals surface area contributed by atoms with Crippen LogP contribution in [0.25, 0.3) is 22.0 Å². The number of aromatic nitrogens is 1. The summed E-state index contributed by atoms with van der Waals surface area (Å²) in [5.74, 6) is -2.58. The van der Waals surface area contributed by atoms with Gasteiger partial charge in [0.1, 0.15) is 11.6 Å². The molecule has 0 atom stereocenters. The van der Waals surface area contributed by atoms with Crippen LogP contribution < -0.4 is 0 Å². The van der Waals surface area contributed by atoms with Gasteiger partial charge in [-0.3, -0.25) is 4.98 Å². The Labute approximate surface area is 124 Å². The molecule has 110 valence electrons. The normalized spacial score (nSPS) is 10.9. The van der Waals surface area contributed by atoms with E-state index in [0.717, 1.165) is 12.1 Å². The van der Waals surface area contributed by atoms with Crippen LogP contribution in [0.4, 0.5) is 8.78 Å². The lowest BCUT2D eigenvalue weighted by Crippen LogP contribution is -1.99. The highest BCUT2D eigenvalue weighted by Gasteiger charge is 2.17. The van der Waals surface area contributed by atoms with Gasteiger partial charge in [-0.2, -0.15) is 0 Å². The molecule has 0 amide bonds. The predicted octanol–water partition coefficient (Wildman–Crippen LogP) is 4.19. The fraction of sp³-hybridized carbons (Fsp3) is 0.0588. The molecule has 3 rings (SSSR count). The number of aromatic carboxylic acids is 1. The first kappa shape index (κ1) is 14.1. The highest BCUT2D eigenvalue weighted by Crippen LogP contribution is 2.32. The molecule has 0 aliphatic heterocycles. The van der Waals surface area contributed by atoms with Gasteiger partial charge in [-0.1, -0.05) is 12.1 Å². The number of carbonyl (C=O) groups is 1. The second-order valence-electron chi connectivity index (χ2n) is 4.95. The summed E-state index contributed by atoms with van der Waals surface area (Å²) in [7, 11) is 0. The van der Waals surface area contributed by atoms with Crippen molar-refractivity contribution >= 4 is 16.7 Å². The van der Waals surface area contributed by atoms with E-state index >= 15 is 0 Å². The van der Waals surface area contributed by atoms with Crippen molar-refractivity contribution in [2.75, 3.05) is 0 Å². The third-order valence-electron chi connectivity index (χ3n) is 3.41. The Morgan fingerprint density at radius 1 is 1.09 bits per heavy atom. The lowest BCUT2D eigenvalue weighted by atomic mass is 10.00. The first-order valence-corrected chi connectivity index (χ1v) is 6.56. The molecule has 0 spiro atoms. The Kier molecular flexibility index (Phi) is 3.33. The number of aryl methyl sites for hydroxylation is 1. The first-order chi connectivity index (χ1) is 10.5. The third kappa shape index (κ3) is 2.30. The number of fused-ring (bicyclic) bond motifs is 1. The van der Waals surface area contributed by atoms with Crippen molar-refractivity contribution in [1.29, 1.82) is 0 Å². The molecule has 22 heavy (non-hydrogen) atoms. The van der Waals surface area contributed by atoms with E-state index in [1.807, 2.05) is 0 Å². The number of hydrogen-bond donors (Lipinski definition) is 1. The van der Waals surface area contributed by atoms with Crippen LogP contribution in [0.5, 0.6) is 0 Å². The van der Waals surface area contributed by atoms with Gasteiger partial charge in [0.25, 0.3) is 0 Å². The SMILES string of the molecule is Cc1cc2ccc(C(=O)O)cc2c(-c2c(F)cccc2F)n1. The second kappa shape index (κ2) is 5.18. The zero-order valence-corrected chi connectivity index (χ0v) is 11.6. The lowest BCUT2D eigenvalue weighted by molar-refractivity contribution is 0.0697. The minimum absolute atomic E-state index is 0.0381. The van der Waals surface area contributed by atoms with Gasteiger partial charge in [0, 0.05) is 11.1 Å². The maximum Gasteiger partial charge on any atom is 0.335 e. The zero-order valence-electron chi connectivity index (χ0n) is 11.6. The highest BCUT2D eigenvalue weighted by molar-refractivity contribution is 6.00. The molecular weight excluding hydrogens is 288 g/mol. The van der Waals surface area contributed by atoms with Gasteiger partial charge < -0.3 is 5.11 Å². The van der Waals surface area contributed by atoms with Crippen LogP contribution in [0.3, 0.4) is 0 Å². The van der Waals surface area contributed by atoms with Crippen molar-refractivity contribution in [2.45, 2.75) is 6.92 Å². The number of halogens is 2. The molecule has 5 heteroatoms. The van der Waals surface area contributed by atoms with Crippen LogP contribution in [0.15, 0.2) is 42.5 Å². The number of carboxylic acid groups (broad SMARTS) is 1. The van der Waals surface area contributed by atoms with Crippen LogP contribution >= 0.6 is 0 Å². The van der Waals surface area contributed by atoms with Crippen molar-refractivity contribution in [3.63, 3.8) is 0 Å². The number of carboxylic acids is 1.